The summed E-state index contributed by atoms with van der Waals surface area (Å²) in [6.07, 6.45) is 5.06. The number of pyridine rings is 1. The van der Waals surface area contributed by atoms with Gasteiger partial charge in [0.1, 0.15) is 0 Å². The van der Waals surface area contributed by atoms with Gasteiger partial charge in [-0.2, -0.15) is 2.79 Å². The molecule has 0 atom stereocenters. The third-order valence-electron chi connectivity index (χ3n) is 1.65. The van der Waals surface area contributed by atoms with Gasteiger partial charge in [0.05, 0.1) is 6.20 Å². The Morgan fingerprint density at radius 2 is 2.44 bits per heavy atom. The van der Waals surface area contributed by atoms with Gasteiger partial charge < -0.3 is 5.32 Å². The first-order valence-electron chi connectivity index (χ1n) is 4.46. The Labute approximate surface area is 122 Å². The zero-order valence-electron chi connectivity index (χ0n) is 8.69. The molecule has 6 heteroatoms. The molecular formula is C10H11I2N4+. The van der Waals surface area contributed by atoms with Crippen LogP contribution in [0.25, 0.3) is 0 Å². The Morgan fingerprint density at radius 1 is 1.69 bits per heavy atom. The molecule has 4 nitrogen and oxygen atoms in total. The first-order chi connectivity index (χ1) is 7.70. The molecule has 0 aromatic carbocycles. The van der Waals surface area contributed by atoms with E-state index < -0.39 is 0 Å². The first-order valence-corrected chi connectivity index (χ1v) is 6.50. The van der Waals surface area contributed by atoms with Crippen molar-refractivity contribution in [1.82, 2.24) is 10.3 Å². The van der Waals surface area contributed by atoms with Crippen molar-refractivity contribution in [3.05, 3.63) is 40.4 Å². The van der Waals surface area contributed by atoms with E-state index in [0.717, 1.165) is 15.1 Å². The van der Waals surface area contributed by atoms with Crippen molar-refractivity contribution in [3.8, 4) is 0 Å². The molecule has 0 aliphatic rings. The lowest BCUT2D eigenvalue weighted by Crippen LogP contribution is -2.14. The van der Waals surface area contributed by atoms with E-state index in [9.17, 15) is 0 Å². The lowest BCUT2D eigenvalue weighted by molar-refractivity contribution is -0.200. The van der Waals surface area contributed by atoms with Crippen LogP contribution in [-0.2, 0) is 0 Å². The number of aromatic nitrogens is 1. The Hall–Kier alpha value is -0.510. The molecule has 16 heavy (non-hydrogen) atoms. The van der Waals surface area contributed by atoms with Gasteiger partial charge >= 0.3 is 5.84 Å². The highest BCUT2D eigenvalue weighted by molar-refractivity contribution is 14.1. The summed E-state index contributed by atoms with van der Waals surface area (Å²) < 4.78 is 2.85. The van der Waals surface area contributed by atoms with Crippen molar-refractivity contribution < 1.29 is 2.79 Å². The van der Waals surface area contributed by atoms with Gasteiger partial charge in [-0.05, 0) is 39.7 Å². The molecule has 84 valence electrons. The van der Waals surface area contributed by atoms with Crippen molar-refractivity contribution >= 4 is 57.6 Å². The second kappa shape index (κ2) is 6.94. The zero-order valence-corrected chi connectivity index (χ0v) is 13.0. The summed E-state index contributed by atoms with van der Waals surface area (Å²) in [5.41, 5.74) is 0.837. The summed E-state index contributed by atoms with van der Waals surface area (Å²) in [5, 5.41) is 2.86. The van der Waals surface area contributed by atoms with Gasteiger partial charge in [-0.3, -0.25) is 0 Å². The molecule has 0 aliphatic carbocycles. The van der Waals surface area contributed by atoms with Crippen molar-refractivity contribution in [1.29, 1.82) is 0 Å². The highest BCUT2D eigenvalue weighted by Crippen LogP contribution is 2.11. The fourth-order valence-corrected chi connectivity index (χ4v) is 1.92. The third-order valence-corrected chi connectivity index (χ3v) is 3.37. The maximum atomic E-state index is 4.32. The minimum atomic E-state index is 0.745. The van der Waals surface area contributed by atoms with Gasteiger partial charge in [0.15, 0.2) is 5.69 Å². The molecule has 0 amide bonds. The van der Waals surface area contributed by atoms with Crippen molar-refractivity contribution in [2.75, 3.05) is 7.05 Å². The molecule has 0 aliphatic heterocycles. The molecule has 0 saturated carbocycles. The van der Waals surface area contributed by atoms with Crippen LogP contribution < -0.4 is 5.32 Å². The third kappa shape index (κ3) is 3.51. The second-order valence-electron chi connectivity index (χ2n) is 2.70. The van der Waals surface area contributed by atoms with Crippen LogP contribution in [0.15, 0.2) is 36.1 Å². The fraction of sp³-hybridized carbons (Fsp3) is 0.100. The number of hydrogen-bond donors (Lipinski definition) is 1. The van der Waals surface area contributed by atoms with Crippen LogP contribution >= 0.6 is 45.5 Å². The SMILES string of the molecule is C=C/[N+](I)=C(\N=C/NC)c1ncccc1I. The maximum Gasteiger partial charge on any atom is 0.360 e. The van der Waals surface area contributed by atoms with Crippen LogP contribution in [0.5, 0.6) is 0 Å². The van der Waals surface area contributed by atoms with Crippen molar-refractivity contribution in [3.63, 3.8) is 0 Å². The summed E-state index contributed by atoms with van der Waals surface area (Å²) in [6.45, 7) is 3.72. The Morgan fingerprint density at radius 3 is 3.00 bits per heavy atom. The van der Waals surface area contributed by atoms with Crippen LogP contribution in [0.1, 0.15) is 5.69 Å². The highest BCUT2D eigenvalue weighted by atomic mass is 127. The summed E-state index contributed by atoms with van der Waals surface area (Å²) in [7, 11) is 1.80. The van der Waals surface area contributed by atoms with Gasteiger partial charge in [0.25, 0.3) is 0 Å². The average Bonchev–Trinajstić information content (AvgIpc) is 2.31. The van der Waals surface area contributed by atoms with E-state index in [1.807, 2.05) is 12.1 Å². The molecule has 1 aromatic heterocycles. The Bertz CT molecular complexity index is 440. The quantitative estimate of drug-likeness (QED) is 0.339. The minimum Gasteiger partial charge on any atom is -0.359 e. The van der Waals surface area contributed by atoms with E-state index in [1.165, 1.54) is 0 Å². The number of hydrogen-bond acceptors (Lipinski definition) is 1. The van der Waals surface area contributed by atoms with Gasteiger partial charge in [-0.1, -0.05) is 6.58 Å². The second-order valence-corrected chi connectivity index (χ2v) is 4.90. The molecule has 1 aromatic rings. The van der Waals surface area contributed by atoms with Crippen LogP contribution in [0.3, 0.4) is 0 Å². The summed E-state index contributed by atoms with van der Waals surface area (Å²) in [4.78, 5) is 8.62. The van der Waals surface area contributed by atoms with Crippen LogP contribution in [0.4, 0.5) is 0 Å². The zero-order chi connectivity index (χ0) is 12.0. The molecule has 1 N–H and O–H groups in total. The smallest absolute Gasteiger partial charge is 0.359 e. The molecular weight excluding hydrogens is 430 g/mol. The normalized spacial score (nSPS) is 12.4. The predicted molar refractivity (Wildman–Crippen MR) is 83.1 cm³/mol. The highest BCUT2D eigenvalue weighted by Gasteiger charge is 2.18. The van der Waals surface area contributed by atoms with Gasteiger partial charge in [-0.25, -0.2) is 4.98 Å². The average molecular weight is 441 g/mol. The van der Waals surface area contributed by atoms with E-state index in [4.69, 9.17) is 0 Å². The van der Waals surface area contributed by atoms with Gasteiger partial charge in [-0.15, -0.1) is 0 Å². The first kappa shape index (κ1) is 13.6. The monoisotopic (exact) mass is 441 g/mol. The molecule has 0 saturated heterocycles. The maximum absolute atomic E-state index is 4.32. The molecule has 0 bridgehead atoms. The largest absolute Gasteiger partial charge is 0.360 e. The number of nitrogens with one attached hydrogen (secondary N) is 1. The molecule has 1 rings (SSSR count). The van der Waals surface area contributed by atoms with Crippen LogP contribution in [-0.4, -0.2) is 27.0 Å². The molecule has 1 heterocycles. The minimum absolute atomic E-state index is 0.745. The van der Waals surface area contributed by atoms with E-state index in [-0.39, 0.29) is 0 Å². The van der Waals surface area contributed by atoms with Crippen molar-refractivity contribution in [2.24, 2.45) is 4.99 Å². The molecule has 0 unspecified atom stereocenters. The van der Waals surface area contributed by atoms with Crippen LogP contribution in [0, 0.1) is 3.57 Å². The number of rotatable bonds is 3. The van der Waals surface area contributed by atoms with Crippen molar-refractivity contribution in [2.45, 2.75) is 0 Å². The Balaban J connectivity index is 3.28. The standard InChI is InChI=1S/C10H10I2N4/c1-3-16(12)10(15-7-13-2)9-8(11)5-4-6-14-9/h3-7H,1H2,2H3/p+1. The fourth-order valence-electron chi connectivity index (χ4n) is 0.980. The van der Waals surface area contributed by atoms with Crippen LogP contribution in [0.2, 0.25) is 0 Å². The van der Waals surface area contributed by atoms with E-state index >= 15 is 0 Å². The van der Waals surface area contributed by atoms with E-state index in [0.29, 0.717) is 0 Å². The lowest BCUT2D eigenvalue weighted by Gasteiger charge is -1.98. The topological polar surface area (TPSA) is 40.3 Å². The predicted octanol–water partition coefficient (Wildman–Crippen LogP) is 2.19. The molecule has 0 radical (unpaired) electrons. The number of amidine groups is 1. The number of aliphatic imine (C=N–C) groups is 1. The van der Waals surface area contributed by atoms with E-state index in [1.54, 1.807) is 28.6 Å². The lowest BCUT2D eigenvalue weighted by atomic mass is 10.3. The van der Waals surface area contributed by atoms with Gasteiger partial charge in [0.2, 0.25) is 29.2 Å². The van der Waals surface area contributed by atoms with E-state index in [2.05, 4.69) is 67.3 Å². The molecule has 0 fully saturated rings. The Kier molecular flexibility index (Phi) is 5.88. The molecule has 0 spiro atoms. The summed E-state index contributed by atoms with van der Waals surface area (Å²) in [5.74, 6) is 0.745. The number of halogens is 2. The summed E-state index contributed by atoms with van der Waals surface area (Å²) >= 11 is 4.36. The number of nitrogens with zero attached hydrogens (tertiary/aromatic N) is 3. The summed E-state index contributed by atoms with van der Waals surface area (Å²) in [6, 6.07) is 3.89. The van der Waals surface area contributed by atoms with Gasteiger partial charge in [0, 0.05) is 16.8 Å².